The standard InChI is InChI=1S/C24H28ClN5O4/c1-13-11-14(4-8-20(13)31)24(34)29-17(23-27-16-6-5-15(25)12-18(16)28-23)7-9-21(32)30-10-2-3-19(30)22(26)33/h4-6,8,11,15,17,19H,2-3,7,9-10,12H2,1H3,(H5,26,27,28,29,31,33,34)/p+1. The zero-order chi connectivity index (χ0) is 24.4. The van der Waals surface area contributed by atoms with Gasteiger partial charge in [-0.2, -0.15) is 4.58 Å². The number of aliphatic hydroxyl groups is 1. The molecule has 1 saturated heterocycles. The van der Waals surface area contributed by atoms with E-state index in [1.54, 1.807) is 23.6 Å². The Kier molecular flexibility index (Phi) is 6.92. The Morgan fingerprint density at radius 1 is 1.41 bits per heavy atom. The summed E-state index contributed by atoms with van der Waals surface area (Å²) in [6, 6.07) is 3.59. The van der Waals surface area contributed by atoms with Crippen LogP contribution in [0, 0.1) is 6.92 Å². The third kappa shape index (κ3) is 5.09. The third-order valence-corrected chi connectivity index (χ3v) is 6.65. The van der Waals surface area contributed by atoms with Crippen LogP contribution in [-0.2, 0) is 11.2 Å². The van der Waals surface area contributed by atoms with E-state index in [9.17, 15) is 19.8 Å². The Morgan fingerprint density at radius 2 is 2.21 bits per heavy atom. The molecule has 0 spiro atoms. The van der Waals surface area contributed by atoms with Crippen molar-refractivity contribution >= 4 is 35.4 Å². The summed E-state index contributed by atoms with van der Waals surface area (Å²) in [6.07, 6.45) is 6.27. The van der Waals surface area contributed by atoms with Crippen LogP contribution >= 0.6 is 11.6 Å². The summed E-state index contributed by atoms with van der Waals surface area (Å²) in [5.74, 6) is -0.0481. The molecule has 10 heteroatoms. The van der Waals surface area contributed by atoms with Gasteiger partial charge < -0.3 is 26.2 Å². The molecule has 1 aliphatic carbocycles. The van der Waals surface area contributed by atoms with Gasteiger partial charge in [0.15, 0.2) is 0 Å². The Balaban J connectivity index is 1.58. The molecule has 3 atom stereocenters. The molecule has 3 unspecified atom stereocenters. The van der Waals surface area contributed by atoms with Crippen molar-refractivity contribution < 1.29 is 24.4 Å². The van der Waals surface area contributed by atoms with Crippen molar-refractivity contribution in [2.24, 2.45) is 5.73 Å². The predicted molar refractivity (Wildman–Crippen MR) is 128 cm³/mol. The number of aryl methyl sites for hydroxylation is 1. The number of nitrogens with two attached hydrogens (primary N) is 1. The van der Waals surface area contributed by atoms with Crippen LogP contribution < -0.4 is 11.1 Å². The van der Waals surface area contributed by atoms with E-state index in [-0.39, 0.29) is 29.4 Å². The number of alkyl halides is 1. The van der Waals surface area contributed by atoms with Crippen molar-refractivity contribution in [1.82, 2.24) is 15.3 Å². The molecule has 9 nitrogen and oxygen atoms in total. The Hall–Kier alpha value is -3.33. The summed E-state index contributed by atoms with van der Waals surface area (Å²) in [5.41, 5.74) is 8.13. The highest BCUT2D eigenvalue weighted by Crippen LogP contribution is 2.25. The molecule has 2 aliphatic rings. The Morgan fingerprint density at radius 3 is 2.94 bits per heavy atom. The van der Waals surface area contributed by atoms with Gasteiger partial charge in [-0.1, -0.05) is 6.08 Å². The number of H-pyrrole nitrogens is 1. The lowest BCUT2D eigenvalue weighted by Crippen LogP contribution is -2.38. The molecule has 34 heavy (non-hydrogen) atoms. The van der Waals surface area contributed by atoms with Gasteiger partial charge in [0.2, 0.25) is 6.04 Å². The van der Waals surface area contributed by atoms with Crippen molar-refractivity contribution in [3.63, 3.8) is 0 Å². The number of benzene rings is 1. The number of carbonyl (C=O) groups is 2. The maximum atomic E-state index is 13.0. The molecule has 2 aromatic rings. The summed E-state index contributed by atoms with van der Waals surface area (Å²) < 4.78 is 1.64. The first-order chi connectivity index (χ1) is 16.2. The number of hydrogen-bond donors (Lipinski definition) is 5. The number of carbonyl (C=O) groups excluding carboxylic acids is 2. The van der Waals surface area contributed by atoms with Gasteiger partial charge in [0.05, 0.1) is 23.5 Å². The van der Waals surface area contributed by atoms with E-state index in [1.807, 2.05) is 12.2 Å². The summed E-state index contributed by atoms with van der Waals surface area (Å²) in [4.78, 5) is 32.7. The molecule has 0 saturated carbocycles. The number of amides is 2. The van der Waals surface area contributed by atoms with Gasteiger partial charge >= 0.3 is 5.90 Å². The number of nitrogens with one attached hydrogen (secondary N) is 2. The van der Waals surface area contributed by atoms with E-state index in [1.165, 1.54) is 6.07 Å². The smallest absolute Gasteiger partial charge is 0.334 e. The van der Waals surface area contributed by atoms with Crippen molar-refractivity contribution in [1.29, 1.82) is 0 Å². The number of rotatable bonds is 7. The minimum atomic E-state index is -0.536. The first-order valence-electron chi connectivity index (χ1n) is 11.3. The fourth-order valence-electron chi connectivity index (χ4n) is 4.46. The molecular formula is C24H29ClN5O4+. The molecule has 2 heterocycles. The zero-order valence-corrected chi connectivity index (χ0v) is 19.7. The quantitative estimate of drug-likeness (QED) is 0.232. The SMILES string of the molecule is Cc1cc(C(=O)NC(CCC(O)=[N+]2CCCC2C(N)=O)c2nc3c([nH]2)CC(Cl)C=C3)ccc1O. The number of aliphatic hydroxyl groups excluding tert-OH is 1. The number of aromatic nitrogens is 2. The minimum absolute atomic E-state index is 0.0677. The van der Waals surface area contributed by atoms with Crippen molar-refractivity contribution in [3.05, 3.63) is 52.6 Å². The molecule has 2 amide bonds. The average molecular weight is 487 g/mol. The summed E-state index contributed by atoms with van der Waals surface area (Å²) in [6.45, 7) is 2.28. The maximum Gasteiger partial charge on any atom is 0.334 e. The van der Waals surface area contributed by atoms with Crippen LogP contribution in [-0.4, -0.2) is 60.4 Å². The number of phenols is 1. The van der Waals surface area contributed by atoms with Crippen LogP contribution in [0.1, 0.15) is 64.9 Å². The van der Waals surface area contributed by atoms with Crippen molar-refractivity contribution in [2.45, 2.75) is 56.5 Å². The topological polar surface area (TPSA) is 144 Å². The van der Waals surface area contributed by atoms with E-state index in [0.717, 1.165) is 17.8 Å². The molecule has 1 fully saturated rings. The average Bonchev–Trinajstić information content (AvgIpc) is 3.45. The fraction of sp³-hybridized carbons (Fsp3) is 0.417. The Labute approximate surface area is 202 Å². The Bertz CT molecular complexity index is 1170. The van der Waals surface area contributed by atoms with Crippen LogP contribution in [0.2, 0.25) is 0 Å². The monoisotopic (exact) mass is 486 g/mol. The van der Waals surface area contributed by atoms with Gasteiger partial charge in [0, 0.05) is 30.5 Å². The van der Waals surface area contributed by atoms with E-state index in [0.29, 0.717) is 42.8 Å². The maximum absolute atomic E-state index is 13.0. The number of hydrogen-bond acceptors (Lipinski definition) is 4. The molecule has 6 N–H and O–H groups in total. The highest BCUT2D eigenvalue weighted by Gasteiger charge is 2.36. The third-order valence-electron chi connectivity index (χ3n) is 6.35. The first-order valence-corrected chi connectivity index (χ1v) is 11.8. The summed E-state index contributed by atoms with van der Waals surface area (Å²) >= 11 is 6.24. The molecule has 1 aromatic heterocycles. The number of aromatic amines is 1. The number of fused-ring (bicyclic) bond motifs is 1. The van der Waals surface area contributed by atoms with Crippen molar-refractivity contribution in [2.75, 3.05) is 6.54 Å². The number of phenolic OH excluding ortho intramolecular Hbond substituents is 1. The zero-order valence-electron chi connectivity index (χ0n) is 18.9. The number of allylic oxidation sites excluding steroid dienone is 1. The van der Waals surface area contributed by atoms with Gasteiger partial charge in [0.1, 0.15) is 18.1 Å². The molecule has 180 valence electrons. The van der Waals surface area contributed by atoms with Crippen LogP contribution in [0.5, 0.6) is 5.75 Å². The fourth-order valence-corrected chi connectivity index (χ4v) is 4.69. The van der Waals surface area contributed by atoms with Crippen LogP contribution in [0.15, 0.2) is 24.3 Å². The number of nitrogens with zero attached hydrogens (tertiary/aromatic N) is 2. The van der Waals surface area contributed by atoms with Gasteiger partial charge in [-0.25, -0.2) is 4.98 Å². The molecule has 1 aromatic carbocycles. The van der Waals surface area contributed by atoms with Crippen LogP contribution in [0.4, 0.5) is 0 Å². The van der Waals surface area contributed by atoms with Crippen LogP contribution in [0.3, 0.4) is 0 Å². The molecule has 0 bridgehead atoms. The largest absolute Gasteiger partial charge is 0.508 e. The summed E-state index contributed by atoms with van der Waals surface area (Å²) in [7, 11) is 0. The van der Waals surface area contributed by atoms with Crippen LogP contribution in [0.25, 0.3) is 6.08 Å². The number of primary amides is 1. The number of halogens is 1. The normalized spacial score (nSPS) is 21.7. The highest BCUT2D eigenvalue weighted by atomic mass is 35.5. The van der Waals surface area contributed by atoms with Gasteiger partial charge in [-0.15, -0.1) is 11.6 Å². The van der Waals surface area contributed by atoms with E-state index in [4.69, 9.17) is 17.3 Å². The molecule has 1 aliphatic heterocycles. The lowest BCUT2D eigenvalue weighted by molar-refractivity contribution is -0.539. The van der Waals surface area contributed by atoms with E-state index >= 15 is 0 Å². The predicted octanol–water partition coefficient (Wildman–Crippen LogP) is 2.47. The lowest BCUT2D eigenvalue weighted by Gasteiger charge is -2.17. The molecular weight excluding hydrogens is 458 g/mol. The second-order valence-electron chi connectivity index (χ2n) is 8.80. The first kappa shape index (κ1) is 23.8. The lowest BCUT2D eigenvalue weighted by atomic mass is 10.1. The van der Waals surface area contributed by atoms with Gasteiger partial charge in [-0.05, 0) is 43.2 Å². The number of aromatic hydroxyl groups is 1. The molecule has 4 rings (SSSR count). The summed E-state index contributed by atoms with van der Waals surface area (Å²) in [5, 5.41) is 23.4. The number of imidazole rings is 1. The second-order valence-corrected chi connectivity index (χ2v) is 9.36. The second kappa shape index (κ2) is 9.89. The van der Waals surface area contributed by atoms with Gasteiger partial charge in [-0.3, -0.25) is 9.59 Å². The minimum Gasteiger partial charge on any atom is -0.508 e. The van der Waals surface area contributed by atoms with E-state index in [2.05, 4.69) is 15.3 Å². The van der Waals surface area contributed by atoms with Crippen molar-refractivity contribution in [3.8, 4) is 5.75 Å². The highest BCUT2D eigenvalue weighted by molar-refractivity contribution is 6.22. The van der Waals surface area contributed by atoms with E-state index < -0.39 is 18.0 Å². The van der Waals surface area contributed by atoms with Gasteiger partial charge in [0.25, 0.3) is 11.8 Å². The molecule has 0 radical (unpaired) electrons.